The molecule has 1 aromatic carbocycles. The first-order valence-electron chi connectivity index (χ1n) is 7.05. The molecule has 3 heteroatoms. The van der Waals surface area contributed by atoms with Crippen molar-refractivity contribution in [1.82, 2.24) is 0 Å². The molecule has 1 fully saturated rings. The van der Waals surface area contributed by atoms with Crippen LogP contribution >= 0.6 is 27.5 Å². The van der Waals surface area contributed by atoms with Crippen molar-refractivity contribution in [3.05, 3.63) is 34.1 Å². The Labute approximate surface area is 128 Å². The molecule has 0 nitrogen and oxygen atoms in total. The van der Waals surface area contributed by atoms with Gasteiger partial charge < -0.3 is 0 Å². The highest BCUT2D eigenvalue weighted by molar-refractivity contribution is 9.10. The normalized spacial score (nSPS) is 27.8. The van der Waals surface area contributed by atoms with Gasteiger partial charge in [-0.25, -0.2) is 4.39 Å². The van der Waals surface area contributed by atoms with Gasteiger partial charge in [-0.3, -0.25) is 0 Å². The van der Waals surface area contributed by atoms with E-state index in [1.54, 1.807) is 12.1 Å². The summed E-state index contributed by atoms with van der Waals surface area (Å²) in [5.74, 6) is 1.76. The van der Waals surface area contributed by atoms with Crippen LogP contribution in [0.1, 0.15) is 38.7 Å². The summed E-state index contributed by atoms with van der Waals surface area (Å²) < 4.78 is 14.3. The van der Waals surface area contributed by atoms with Crippen LogP contribution in [0.4, 0.5) is 4.39 Å². The van der Waals surface area contributed by atoms with Gasteiger partial charge in [0.2, 0.25) is 0 Å². The second kappa shape index (κ2) is 6.58. The molecule has 3 atom stereocenters. The number of hydrogen-bond acceptors (Lipinski definition) is 0. The van der Waals surface area contributed by atoms with Crippen LogP contribution in [-0.4, -0.2) is 5.38 Å². The highest BCUT2D eigenvalue weighted by Gasteiger charge is 2.31. The quantitative estimate of drug-likeness (QED) is 0.605. The van der Waals surface area contributed by atoms with Crippen LogP contribution in [-0.2, 0) is 6.42 Å². The van der Waals surface area contributed by atoms with E-state index in [1.807, 2.05) is 0 Å². The van der Waals surface area contributed by atoms with Gasteiger partial charge in [0.1, 0.15) is 5.82 Å². The molecule has 3 unspecified atom stereocenters. The van der Waals surface area contributed by atoms with Crippen molar-refractivity contribution in [2.24, 2.45) is 17.8 Å². The maximum atomic E-state index is 13.3. The molecule has 19 heavy (non-hydrogen) atoms. The summed E-state index contributed by atoms with van der Waals surface area (Å²) in [4.78, 5) is 0. The Morgan fingerprint density at radius 1 is 1.37 bits per heavy atom. The van der Waals surface area contributed by atoms with E-state index >= 15 is 0 Å². The molecule has 2 rings (SSSR count). The van der Waals surface area contributed by atoms with Crippen LogP contribution < -0.4 is 0 Å². The first-order valence-corrected chi connectivity index (χ1v) is 8.28. The highest BCUT2D eigenvalue weighted by Crippen LogP contribution is 2.39. The average molecular weight is 348 g/mol. The minimum Gasteiger partial charge on any atom is -0.207 e. The van der Waals surface area contributed by atoms with E-state index in [9.17, 15) is 4.39 Å². The van der Waals surface area contributed by atoms with Crippen LogP contribution in [0.5, 0.6) is 0 Å². The Morgan fingerprint density at radius 2 is 2.11 bits per heavy atom. The lowest BCUT2D eigenvalue weighted by atomic mass is 9.74. The molecule has 0 saturated heterocycles. The zero-order valence-corrected chi connectivity index (χ0v) is 13.8. The minimum atomic E-state index is -0.166. The zero-order chi connectivity index (χ0) is 14.0. The summed E-state index contributed by atoms with van der Waals surface area (Å²) in [6.45, 7) is 4.57. The Bertz CT molecular complexity index is 433. The molecule has 0 N–H and O–H groups in total. The predicted molar refractivity (Wildman–Crippen MR) is 83.1 cm³/mol. The smallest absolute Gasteiger partial charge is 0.123 e. The summed E-state index contributed by atoms with van der Waals surface area (Å²) in [6.07, 6.45) is 4.35. The lowest BCUT2D eigenvalue weighted by Crippen LogP contribution is -2.29. The van der Waals surface area contributed by atoms with Gasteiger partial charge in [0.15, 0.2) is 0 Å². The van der Waals surface area contributed by atoms with Crippen LogP contribution in [0.25, 0.3) is 0 Å². The fourth-order valence-electron chi connectivity index (χ4n) is 3.06. The van der Waals surface area contributed by atoms with Gasteiger partial charge in [-0.05, 0) is 67.2 Å². The van der Waals surface area contributed by atoms with E-state index in [1.165, 1.54) is 12.5 Å². The van der Waals surface area contributed by atoms with Gasteiger partial charge in [0, 0.05) is 9.85 Å². The number of halogens is 3. The fraction of sp³-hybridized carbons (Fsp3) is 0.625. The SMILES string of the molecule is CC(C)C1CCC(Cl)C(Cc2cc(F)ccc2Br)C1. The van der Waals surface area contributed by atoms with Crippen LogP contribution in [0.3, 0.4) is 0 Å². The molecule has 0 aromatic heterocycles. The van der Waals surface area contributed by atoms with Gasteiger partial charge in [0.25, 0.3) is 0 Å². The van der Waals surface area contributed by atoms with Crippen molar-refractivity contribution in [1.29, 1.82) is 0 Å². The van der Waals surface area contributed by atoms with Crippen molar-refractivity contribution < 1.29 is 4.39 Å². The third kappa shape index (κ3) is 3.95. The largest absolute Gasteiger partial charge is 0.207 e. The summed E-state index contributed by atoms with van der Waals surface area (Å²) >= 11 is 10.00. The van der Waals surface area contributed by atoms with Crippen molar-refractivity contribution >= 4 is 27.5 Å². The molecule has 106 valence electrons. The van der Waals surface area contributed by atoms with Gasteiger partial charge >= 0.3 is 0 Å². The lowest BCUT2D eigenvalue weighted by Gasteiger charge is -2.35. The van der Waals surface area contributed by atoms with E-state index < -0.39 is 0 Å². The molecular weight excluding hydrogens is 327 g/mol. The van der Waals surface area contributed by atoms with Crippen LogP contribution in [0.2, 0.25) is 0 Å². The summed E-state index contributed by atoms with van der Waals surface area (Å²) in [5, 5.41) is 0.227. The molecule has 0 amide bonds. The molecule has 0 aliphatic heterocycles. The van der Waals surface area contributed by atoms with Crippen molar-refractivity contribution in [2.75, 3.05) is 0 Å². The lowest BCUT2D eigenvalue weighted by molar-refractivity contribution is 0.218. The maximum absolute atomic E-state index is 13.3. The predicted octanol–water partition coefficient (Wildman–Crippen LogP) is 5.81. The molecule has 1 saturated carbocycles. The topological polar surface area (TPSA) is 0 Å². The third-order valence-electron chi connectivity index (χ3n) is 4.36. The van der Waals surface area contributed by atoms with Crippen LogP contribution in [0.15, 0.2) is 22.7 Å². The van der Waals surface area contributed by atoms with E-state index in [2.05, 4.69) is 29.8 Å². The Hall–Kier alpha value is -0.0800. The maximum Gasteiger partial charge on any atom is 0.123 e. The molecule has 1 aromatic rings. The number of hydrogen-bond donors (Lipinski definition) is 0. The van der Waals surface area contributed by atoms with E-state index in [-0.39, 0.29) is 11.2 Å². The average Bonchev–Trinajstić information content (AvgIpc) is 2.36. The molecule has 1 aliphatic carbocycles. The Kier molecular flexibility index (Phi) is 5.30. The van der Waals surface area contributed by atoms with Crippen molar-refractivity contribution in [2.45, 2.75) is 44.9 Å². The van der Waals surface area contributed by atoms with Crippen molar-refractivity contribution in [3.63, 3.8) is 0 Å². The molecule has 0 radical (unpaired) electrons. The zero-order valence-electron chi connectivity index (χ0n) is 11.5. The summed E-state index contributed by atoms with van der Waals surface area (Å²) in [7, 11) is 0. The molecule has 0 heterocycles. The number of alkyl halides is 1. The monoisotopic (exact) mass is 346 g/mol. The molecule has 0 bridgehead atoms. The number of benzene rings is 1. The highest BCUT2D eigenvalue weighted by atomic mass is 79.9. The second-order valence-electron chi connectivity index (χ2n) is 6.03. The minimum absolute atomic E-state index is 0.166. The van der Waals surface area contributed by atoms with Gasteiger partial charge in [-0.15, -0.1) is 11.6 Å². The van der Waals surface area contributed by atoms with E-state index in [4.69, 9.17) is 11.6 Å². The Balaban J connectivity index is 2.09. The standard InChI is InChI=1S/C16H21BrClF/c1-10(2)11-3-6-16(18)13(7-11)8-12-9-14(19)4-5-15(12)17/h4-5,9-11,13,16H,3,6-8H2,1-2H3. The molecular formula is C16H21BrClF. The fourth-order valence-corrected chi connectivity index (χ4v) is 3.79. The first kappa shape index (κ1) is 15.3. The van der Waals surface area contributed by atoms with E-state index in [0.717, 1.165) is 35.2 Å². The third-order valence-corrected chi connectivity index (χ3v) is 5.71. The molecule has 1 aliphatic rings. The Morgan fingerprint density at radius 3 is 2.79 bits per heavy atom. The van der Waals surface area contributed by atoms with Crippen molar-refractivity contribution in [3.8, 4) is 0 Å². The van der Waals surface area contributed by atoms with E-state index in [0.29, 0.717) is 11.8 Å². The first-order chi connectivity index (χ1) is 8.97. The van der Waals surface area contributed by atoms with Crippen LogP contribution in [0, 0.1) is 23.6 Å². The van der Waals surface area contributed by atoms with Gasteiger partial charge in [-0.2, -0.15) is 0 Å². The molecule has 0 spiro atoms. The summed E-state index contributed by atoms with van der Waals surface area (Å²) in [5.41, 5.74) is 1.04. The summed E-state index contributed by atoms with van der Waals surface area (Å²) in [6, 6.07) is 4.91. The second-order valence-corrected chi connectivity index (χ2v) is 7.45. The number of rotatable bonds is 3. The van der Waals surface area contributed by atoms with Gasteiger partial charge in [-0.1, -0.05) is 29.8 Å². The van der Waals surface area contributed by atoms with Gasteiger partial charge in [0.05, 0.1) is 0 Å².